The van der Waals surface area contributed by atoms with Gasteiger partial charge in [-0.1, -0.05) is 6.58 Å². The van der Waals surface area contributed by atoms with Crippen molar-refractivity contribution in [2.75, 3.05) is 0 Å². The first-order valence-corrected chi connectivity index (χ1v) is 2.56. The van der Waals surface area contributed by atoms with Crippen molar-refractivity contribution < 1.29 is 0 Å². The molecule has 0 amide bonds. The van der Waals surface area contributed by atoms with Crippen molar-refractivity contribution in [2.45, 2.75) is 0 Å². The molecule has 3 nitrogen and oxygen atoms in total. The van der Waals surface area contributed by atoms with Crippen molar-refractivity contribution in [2.24, 2.45) is 4.99 Å². The number of aliphatic imine (C=N–C) groups is 1. The zero-order valence-electron chi connectivity index (χ0n) is 4.91. The van der Waals surface area contributed by atoms with Crippen molar-refractivity contribution in [1.82, 2.24) is 9.97 Å². The summed E-state index contributed by atoms with van der Waals surface area (Å²) in [6, 6.07) is 0. The van der Waals surface area contributed by atoms with Gasteiger partial charge in [-0.2, -0.15) is 0 Å². The molecule has 1 aromatic heterocycles. The van der Waals surface area contributed by atoms with E-state index >= 15 is 0 Å². The topological polar surface area (TPSA) is 41.0 Å². The average molecular weight is 121 g/mol. The summed E-state index contributed by atoms with van der Waals surface area (Å²) in [6.07, 6.45) is 6.41. The first-order chi connectivity index (χ1) is 4.43. The van der Waals surface area contributed by atoms with Crippen LogP contribution in [0.15, 0.2) is 30.3 Å². The van der Waals surface area contributed by atoms with Gasteiger partial charge in [-0.25, -0.2) is 4.98 Å². The number of rotatable bonds is 2. The average Bonchev–Trinajstić information content (AvgIpc) is 2.34. The Balaban J connectivity index is 2.67. The van der Waals surface area contributed by atoms with E-state index in [-0.39, 0.29) is 0 Å². The van der Waals surface area contributed by atoms with Crippen LogP contribution in [-0.4, -0.2) is 16.2 Å². The van der Waals surface area contributed by atoms with Gasteiger partial charge >= 0.3 is 0 Å². The minimum atomic E-state index is 0.884. The molecule has 0 aromatic carbocycles. The van der Waals surface area contributed by atoms with Crippen molar-refractivity contribution in [3.05, 3.63) is 31.0 Å². The van der Waals surface area contributed by atoms with E-state index in [4.69, 9.17) is 0 Å². The maximum Gasteiger partial charge on any atom is 0.0924 e. The molecule has 3 heteroatoms. The molecular weight excluding hydrogens is 114 g/mol. The van der Waals surface area contributed by atoms with Crippen molar-refractivity contribution in [1.29, 1.82) is 0 Å². The monoisotopic (exact) mass is 121 g/mol. The smallest absolute Gasteiger partial charge is 0.0924 e. The summed E-state index contributed by atoms with van der Waals surface area (Å²) in [5.74, 6) is 0. The van der Waals surface area contributed by atoms with E-state index in [1.54, 1.807) is 18.7 Å². The van der Waals surface area contributed by atoms with Gasteiger partial charge in [0.25, 0.3) is 0 Å². The zero-order valence-corrected chi connectivity index (χ0v) is 4.91. The molecular formula is C6H7N3. The third kappa shape index (κ3) is 1.53. The minimum Gasteiger partial charge on any atom is -0.344 e. The fourth-order valence-electron chi connectivity index (χ4n) is 0.470. The van der Waals surface area contributed by atoms with Crippen LogP contribution in [0.2, 0.25) is 0 Å². The number of H-pyrrole nitrogens is 1. The van der Waals surface area contributed by atoms with Crippen molar-refractivity contribution >= 4 is 6.21 Å². The Morgan fingerprint density at radius 1 is 1.78 bits per heavy atom. The van der Waals surface area contributed by atoms with E-state index in [1.165, 1.54) is 6.20 Å². The van der Waals surface area contributed by atoms with Crippen LogP contribution in [0.25, 0.3) is 0 Å². The molecule has 0 aliphatic heterocycles. The van der Waals surface area contributed by atoms with E-state index in [0.29, 0.717) is 0 Å². The molecule has 1 aromatic rings. The van der Waals surface area contributed by atoms with Crippen LogP contribution in [0.3, 0.4) is 0 Å². The Bertz CT molecular complexity index is 198. The Hall–Kier alpha value is -1.38. The highest BCUT2D eigenvalue weighted by Crippen LogP contribution is 1.83. The molecule has 0 bridgehead atoms. The number of aromatic amines is 1. The Labute approximate surface area is 53.2 Å². The molecule has 1 N–H and O–H groups in total. The number of imidazole rings is 1. The molecule has 0 fully saturated rings. The highest BCUT2D eigenvalue weighted by Gasteiger charge is 1.81. The second-order valence-corrected chi connectivity index (χ2v) is 1.47. The van der Waals surface area contributed by atoms with Crippen LogP contribution in [0, 0.1) is 0 Å². The summed E-state index contributed by atoms with van der Waals surface area (Å²) < 4.78 is 0. The van der Waals surface area contributed by atoms with Gasteiger partial charge in [0.05, 0.1) is 24.4 Å². The lowest BCUT2D eigenvalue weighted by atomic mass is 10.5. The molecule has 9 heavy (non-hydrogen) atoms. The molecule has 0 saturated carbocycles. The summed E-state index contributed by atoms with van der Waals surface area (Å²) in [6.45, 7) is 3.43. The molecule has 0 radical (unpaired) electrons. The summed E-state index contributed by atoms with van der Waals surface area (Å²) >= 11 is 0. The molecule has 1 heterocycles. The lowest BCUT2D eigenvalue weighted by Gasteiger charge is -1.76. The first kappa shape index (κ1) is 5.75. The molecule has 0 aliphatic carbocycles. The predicted molar refractivity (Wildman–Crippen MR) is 36.4 cm³/mol. The Morgan fingerprint density at radius 3 is 3.22 bits per heavy atom. The van der Waals surface area contributed by atoms with Gasteiger partial charge in [-0.05, 0) is 0 Å². The van der Waals surface area contributed by atoms with Gasteiger partial charge in [0.15, 0.2) is 0 Å². The van der Waals surface area contributed by atoms with Crippen LogP contribution in [0.4, 0.5) is 0 Å². The summed E-state index contributed by atoms with van der Waals surface area (Å²) in [5.41, 5.74) is 0.884. The van der Waals surface area contributed by atoms with Crippen LogP contribution in [0.5, 0.6) is 0 Å². The van der Waals surface area contributed by atoms with Crippen molar-refractivity contribution in [3.8, 4) is 0 Å². The highest BCUT2D eigenvalue weighted by molar-refractivity contribution is 5.76. The first-order valence-electron chi connectivity index (χ1n) is 2.56. The third-order valence-corrected chi connectivity index (χ3v) is 0.838. The fourth-order valence-corrected chi connectivity index (χ4v) is 0.470. The van der Waals surface area contributed by atoms with E-state index in [1.807, 2.05) is 0 Å². The van der Waals surface area contributed by atoms with Gasteiger partial charge in [0.2, 0.25) is 0 Å². The minimum absolute atomic E-state index is 0.884. The zero-order chi connectivity index (χ0) is 6.53. The Morgan fingerprint density at radius 2 is 2.67 bits per heavy atom. The standard InChI is InChI=1S/C6H7N3/c1-2-7-3-6-4-8-5-9-6/h2-5H,1H2,(H,8,9)/b7-3-. The van der Waals surface area contributed by atoms with Gasteiger partial charge in [-0.3, -0.25) is 4.99 Å². The number of nitrogens with one attached hydrogen (secondary N) is 1. The fraction of sp³-hybridized carbons (Fsp3) is 0. The molecule has 0 unspecified atom stereocenters. The second kappa shape index (κ2) is 2.81. The molecule has 0 aliphatic rings. The highest BCUT2D eigenvalue weighted by atomic mass is 14.9. The molecule has 1 rings (SSSR count). The molecule has 0 saturated heterocycles. The normalized spacial score (nSPS) is 10.2. The maximum absolute atomic E-state index is 3.79. The number of aromatic nitrogens is 2. The van der Waals surface area contributed by atoms with Crippen LogP contribution < -0.4 is 0 Å². The number of nitrogens with zero attached hydrogens (tertiary/aromatic N) is 2. The van der Waals surface area contributed by atoms with Gasteiger partial charge in [0, 0.05) is 6.20 Å². The van der Waals surface area contributed by atoms with Gasteiger partial charge in [-0.15, -0.1) is 0 Å². The number of hydrogen-bond donors (Lipinski definition) is 1. The maximum atomic E-state index is 3.79. The quantitative estimate of drug-likeness (QED) is 0.582. The molecule has 46 valence electrons. The Kier molecular flexibility index (Phi) is 1.80. The lowest BCUT2D eigenvalue weighted by molar-refractivity contribution is 1.31. The summed E-state index contributed by atoms with van der Waals surface area (Å²) in [4.78, 5) is 10.4. The van der Waals surface area contributed by atoms with Gasteiger partial charge in [0.1, 0.15) is 0 Å². The van der Waals surface area contributed by atoms with E-state index in [2.05, 4.69) is 21.5 Å². The van der Waals surface area contributed by atoms with E-state index < -0.39 is 0 Å². The second-order valence-electron chi connectivity index (χ2n) is 1.47. The van der Waals surface area contributed by atoms with Crippen LogP contribution >= 0.6 is 0 Å². The van der Waals surface area contributed by atoms with Crippen molar-refractivity contribution in [3.63, 3.8) is 0 Å². The molecule has 0 atom stereocenters. The third-order valence-electron chi connectivity index (χ3n) is 0.838. The molecule has 0 spiro atoms. The lowest BCUT2D eigenvalue weighted by Crippen LogP contribution is -1.75. The summed E-state index contributed by atoms with van der Waals surface area (Å²) in [5, 5.41) is 0. The summed E-state index contributed by atoms with van der Waals surface area (Å²) in [7, 11) is 0. The predicted octanol–water partition coefficient (Wildman–Crippen LogP) is 0.972. The SMILES string of the molecule is C=C/N=C\c1cnc[nH]1. The number of hydrogen-bond acceptors (Lipinski definition) is 2. The van der Waals surface area contributed by atoms with E-state index in [9.17, 15) is 0 Å². The largest absolute Gasteiger partial charge is 0.344 e. The van der Waals surface area contributed by atoms with Gasteiger partial charge < -0.3 is 4.98 Å². The van der Waals surface area contributed by atoms with Crippen LogP contribution in [-0.2, 0) is 0 Å². The van der Waals surface area contributed by atoms with E-state index in [0.717, 1.165) is 5.69 Å². The van der Waals surface area contributed by atoms with Crippen LogP contribution in [0.1, 0.15) is 5.69 Å².